The van der Waals surface area contributed by atoms with Crippen molar-refractivity contribution in [3.05, 3.63) is 46.5 Å². The fraction of sp³-hybridized carbons (Fsp3) is 0.450. The van der Waals surface area contributed by atoms with E-state index in [1.54, 1.807) is 11.3 Å². The molecular weight excluding hydrogens is 378 g/mol. The van der Waals surface area contributed by atoms with E-state index < -0.39 is 6.04 Å². The summed E-state index contributed by atoms with van der Waals surface area (Å²) in [5.41, 5.74) is 2.70. The molecule has 2 aliphatic rings. The summed E-state index contributed by atoms with van der Waals surface area (Å²) in [6.07, 6.45) is 4.67. The highest BCUT2D eigenvalue weighted by Crippen LogP contribution is 2.35. The summed E-state index contributed by atoms with van der Waals surface area (Å²) in [4.78, 5) is 29.4. The third-order valence-electron chi connectivity index (χ3n) is 5.19. The van der Waals surface area contributed by atoms with Gasteiger partial charge in [0.15, 0.2) is 0 Å². The van der Waals surface area contributed by atoms with Gasteiger partial charge in [0.25, 0.3) is 5.91 Å². The number of carbonyl (C=O) groups is 2. The molecule has 0 saturated heterocycles. The van der Waals surface area contributed by atoms with Crippen LogP contribution in [0.1, 0.15) is 47.3 Å². The molecule has 0 bridgehead atoms. The number of aryl methyl sites for hydroxylation is 1. The Labute approximate surface area is 167 Å². The van der Waals surface area contributed by atoms with Crippen molar-refractivity contribution < 1.29 is 9.59 Å². The van der Waals surface area contributed by atoms with Gasteiger partial charge in [-0.25, -0.2) is 4.98 Å². The molecule has 27 heavy (non-hydrogen) atoms. The molecule has 2 aromatic rings. The predicted octanol–water partition coefficient (Wildman–Crippen LogP) is 3.33. The average molecular weight is 402 g/mol. The van der Waals surface area contributed by atoms with Gasteiger partial charge in [0, 0.05) is 34.4 Å². The first kappa shape index (κ1) is 18.5. The lowest BCUT2D eigenvalue weighted by atomic mass is 9.92. The third kappa shape index (κ3) is 4.35. The number of nitrogens with one attached hydrogen (secondary N) is 2. The van der Waals surface area contributed by atoms with Crippen LogP contribution in [-0.4, -0.2) is 34.1 Å². The number of amides is 2. The summed E-state index contributed by atoms with van der Waals surface area (Å²) in [6.45, 7) is 2.02. The Balaban J connectivity index is 1.28. The third-order valence-corrected chi connectivity index (χ3v) is 7.62. The lowest BCUT2D eigenvalue weighted by Gasteiger charge is -2.31. The number of fused-ring (bicyclic) bond motifs is 1. The van der Waals surface area contributed by atoms with Crippen molar-refractivity contribution in [1.29, 1.82) is 0 Å². The fourth-order valence-electron chi connectivity index (χ4n) is 3.74. The van der Waals surface area contributed by atoms with E-state index in [0.717, 1.165) is 41.3 Å². The van der Waals surface area contributed by atoms with Gasteiger partial charge in [0.2, 0.25) is 5.91 Å². The molecule has 2 heterocycles. The maximum Gasteiger partial charge on any atom is 0.252 e. The highest BCUT2D eigenvalue weighted by Gasteiger charge is 2.31. The summed E-state index contributed by atoms with van der Waals surface area (Å²) in [6, 6.07) is 7.22. The van der Waals surface area contributed by atoms with Crippen LogP contribution in [0.3, 0.4) is 0 Å². The normalized spacial score (nSPS) is 24.8. The summed E-state index contributed by atoms with van der Waals surface area (Å²) in [5, 5.41) is 8.66. The summed E-state index contributed by atoms with van der Waals surface area (Å²) < 4.78 is 1.14. The van der Waals surface area contributed by atoms with Crippen molar-refractivity contribution in [2.75, 3.05) is 0 Å². The van der Waals surface area contributed by atoms with Crippen molar-refractivity contribution in [2.45, 2.75) is 60.7 Å². The van der Waals surface area contributed by atoms with E-state index in [1.165, 1.54) is 0 Å². The average Bonchev–Trinajstić information content (AvgIpc) is 3.08. The smallest absolute Gasteiger partial charge is 0.252 e. The lowest BCUT2D eigenvalue weighted by Crippen LogP contribution is -2.53. The summed E-state index contributed by atoms with van der Waals surface area (Å²) in [5.74, 6) is -0.222. The SMILES string of the molecule is Cc1csc(SC2CCC(NC(=O)C3Cc4ccccc4C(=O)N3)CC2)n1. The van der Waals surface area contributed by atoms with Crippen LogP contribution in [0, 0.1) is 6.92 Å². The van der Waals surface area contributed by atoms with Crippen LogP contribution in [0.25, 0.3) is 0 Å². The second kappa shape index (κ2) is 8.02. The minimum Gasteiger partial charge on any atom is -0.352 e. The van der Waals surface area contributed by atoms with Crippen molar-refractivity contribution in [3.63, 3.8) is 0 Å². The first-order valence-electron chi connectivity index (χ1n) is 9.36. The van der Waals surface area contributed by atoms with E-state index in [4.69, 9.17) is 0 Å². The zero-order valence-electron chi connectivity index (χ0n) is 15.2. The zero-order valence-corrected chi connectivity index (χ0v) is 16.9. The van der Waals surface area contributed by atoms with E-state index in [2.05, 4.69) is 21.0 Å². The van der Waals surface area contributed by atoms with E-state index in [-0.39, 0.29) is 17.9 Å². The maximum absolute atomic E-state index is 12.7. The highest BCUT2D eigenvalue weighted by atomic mass is 32.2. The van der Waals surface area contributed by atoms with Gasteiger partial charge in [0.05, 0.1) is 0 Å². The molecule has 7 heteroatoms. The van der Waals surface area contributed by atoms with E-state index in [0.29, 0.717) is 17.2 Å². The Kier molecular flexibility index (Phi) is 5.50. The van der Waals surface area contributed by atoms with Crippen molar-refractivity contribution in [3.8, 4) is 0 Å². The molecule has 4 rings (SSSR count). The molecule has 0 radical (unpaired) electrons. The van der Waals surface area contributed by atoms with Gasteiger partial charge in [0.1, 0.15) is 10.4 Å². The van der Waals surface area contributed by atoms with Gasteiger partial charge < -0.3 is 10.6 Å². The van der Waals surface area contributed by atoms with E-state index >= 15 is 0 Å². The Hall–Kier alpha value is -1.86. The van der Waals surface area contributed by atoms with Gasteiger partial charge in [-0.2, -0.15) is 0 Å². The largest absolute Gasteiger partial charge is 0.352 e. The van der Waals surface area contributed by atoms with Gasteiger partial charge in [-0.15, -0.1) is 11.3 Å². The molecule has 2 N–H and O–H groups in total. The molecule has 1 unspecified atom stereocenters. The molecule has 1 aliphatic carbocycles. The minimum absolute atomic E-state index is 0.0653. The van der Waals surface area contributed by atoms with Crippen LogP contribution in [-0.2, 0) is 11.2 Å². The van der Waals surface area contributed by atoms with Crippen molar-refractivity contribution in [1.82, 2.24) is 15.6 Å². The van der Waals surface area contributed by atoms with Crippen LogP contribution in [0.2, 0.25) is 0 Å². The summed E-state index contributed by atoms with van der Waals surface area (Å²) in [7, 11) is 0. The molecule has 5 nitrogen and oxygen atoms in total. The molecule has 2 amide bonds. The minimum atomic E-state index is -0.474. The van der Waals surface area contributed by atoms with Crippen LogP contribution >= 0.6 is 23.1 Å². The quantitative estimate of drug-likeness (QED) is 0.824. The Bertz CT molecular complexity index is 843. The van der Waals surface area contributed by atoms with Crippen LogP contribution in [0.5, 0.6) is 0 Å². The van der Waals surface area contributed by atoms with Gasteiger partial charge in [-0.1, -0.05) is 30.0 Å². The predicted molar refractivity (Wildman–Crippen MR) is 108 cm³/mol. The number of aromatic nitrogens is 1. The zero-order chi connectivity index (χ0) is 18.8. The molecule has 1 fully saturated rings. The fourth-order valence-corrected chi connectivity index (χ4v) is 6.03. The Morgan fingerprint density at radius 1 is 1.26 bits per heavy atom. The van der Waals surface area contributed by atoms with Gasteiger partial charge in [-0.05, 0) is 44.2 Å². The van der Waals surface area contributed by atoms with Crippen molar-refractivity contribution in [2.24, 2.45) is 0 Å². The monoisotopic (exact) mass is 401 g/mol. The lowest BCUT2D eigenvalue weighted by molar-refractivity contribution is -0.124. The Morgan fingerprint density at radius 2 is 2.04 bits per heavy atom. The molecule has 0 spiro atoms. The first-order chi connectivity index (χ1) is 13.1. The van der Waals surface area contributed by atoms with E-state index in [9.17, 15) is 9.59 Å². The topological polar surface area (TPSA) is 71.1 Å². The standard InChI is InChI=1S/C20H23N3O2S2/c1-12-11-26-20(21-12)27-15-8-6-14(7-9-15)22-19(25)17-10-13-4-2-3-5-16(13)18(24)23-17/h2-5,11,14-15,17H,6-10H2,1H3,(H,22,25)(H,23,24). The number of thioether (sulfide) groups is 1. The molecule has 1 saturated carbocycles. The van der Waals surface area contributed by atoms with Crippen molar-refractivity contribution >= 4 is 34.9 Å². The van der Waals surface area contributed by atoms with Crippen LogP contribution in [0.15, 0.2) is 34.0 Å². The van der Waals surface area contributed by atoms with Crippen LogP contribution < -0.4 is 10.6 Å². The second-order valence-corrected chi connectivity index (χ2v) is 9.65. The molecule has 1 aromatic heterocycles. The number of benzene rings is 1. The molecule has 142 valence electrons. The van der Waals surface area contributed by atoms with Gasteiger partial charge >= 0.3 is 0 Å². The maximum atomic E-state index is 12.7. The first-order valence-corrected chi connectivity index (χ1v) is 11.1. The molecular formula is C20H23N3O2S2. The number of hydrogen-bond acceptors (Lipinski definition) is 5. The van der Waals surface area contributed by atoms with Crippen LogP contribution in [0.4, 0.5) is 0 Å². The Morgan fingerprint density at radius 3 is 2.78 bits per heavy atom. The second-order valence-electron chi connectivity index (χ2n) is 7.24. The van der Waals surface area contributed by atoms with E-state index in [1.807, 2.05) is 43.0 Å². The highest BCUT2D eigenvalue weighted by molar-refractivity contribution is 8.01. The molecule has 1 atom stereocenters. The number of thiazole rings is 1. The molecule has 1 aliphatic heterocycles. The molecule has 1 aromatic carbocycles. The number of nitrogens with zero attached hydrogens (tertiary/aromatic N) is 1. The number of rotatable bonds is 4. The number of hydrogen-bond donors (Lipinski definition) is 2. The van der Waals surface area contributed by atoms with Gasteiger partial charge in [-0.3, -0.25) is 9.59 Å². The number of carbonyl (C=O) groups excluding carboxylic acids is 2. The summed E-state index contributed by atoms with van der Waals surface area (Å²) >= 11 is 3.57.